The van der Waals surface area contributed by atoms with Crippen LogP contribution in [0.25, 0.3) is 0 Å². The van der Waals surface area contributed by atoms with Crippen molar-refractivity contribution in [2.45, 2.75) is 44.7 Å². The first-order chi connectivity index (χ1) is 9.58. The summed E-state index contributed by atoms with van der Waals surface area (Å²) in [6, 6.07) is 4.89. The van der Waals surface area contributed by atoms with Gasteiger partial charge in [0.05, 0.1) is 13.7 Å². The molecule has 112 valence electrons. The maximum Gasteiger partial charge on any atom is 0.131 e. The monoisotopic (exact) mass is 281 g/mol. The lowest BCUT2D eigenvalue weighted by atomic mass is 9.77. The number of benzene rings is 1. The molecule has 3 nitrogen and oxygen atoms in total. The lowest BCUT2D eigenvalue weighted by Gasteiger charge is -2.39. The Morgan fingerprint density at radius 2 is 2.30 bits per heavy atom. The normalized spacial score (nSPS) is 26.5. The molecule has 2 unspecified atom stereocenters. The maximum absolute atomic E-state index is 13.9. The number of rotatable bonds is 5. The van der Waals surface area contributed by atoms with E-state index in [1.807, 2.05) is 0 Å². The molecule has 0 spiro atoms. The summed E-state index contributed by atoms with van der Waals surface area (Å²) in [5, 5.41) is 13.1. The molecule has 1 aromatic carbocycles. The van der Waals surface area contributed by atoms with Crippen molar-refractivity contribution in [2.75, 3.05) is 13.7 Å². The SMILES string of the molecule is COc1ccc(CNC2(CO)CCCC(C)C2)c(F)c1. The molecule has 1 aromatic rings. The predicted molar refractivity (Wildman–Crippen MR) is 77.2 cm³/mol. The molecule has 0 radical (unpaired) electrons. The lowest BCUT2D eigenvalue weighted by molar-refractivity contribution is 0.0979. The minimum atomic E-state index is -0.270. The number of hydrogen-bond acceptors (Lipinski definition) is 3. The van der Waals surface area contributed by atoms with E-state index in [-0.39, 0.29) is 18.0 Å². The minimum Gasteiger partial charge on any atom is -0.497 e. The van der Waals surface area contributed by atoms with Gasteiger partial charge in [0.15, 0.2) is 0 Å². The van der Waals surface area contributed by atoms with Crippen LogP contribution in [0, 0.1) is 11.7 Å². The number of hydrogen-bond donors (Lipinski definition) is 2. The van der Waals surface area contributed by atoms with Gasteiger partial charge in [0.25, 0.3) is 0 Å². The van der Waals surface area contributed by atoms with Gasteiger partial charge in [-0.05, 0) is 24.8 Å². The Kier molecular flexibility index (Phi) is 5.00. The summed E-state index contributed by atoms with van der Waals surface area (Å²) in [7, 11) is 1.52. The molecule has 0 saturated heterocycles. The zero-order valence-electron chi connectivity index (χ0n) is 12.3. The van der Waals surface area contributed by atoms with Crippen LogP contribution in [0.4, 0.5) is 4.39 Å². The second kappa shape index (κ2) is 6.55. The third kappa shape index (κ3) is 3.49. The second-order valence-electron chi connectivity index (χ2n) is 5.95. The standard InChI is InChI=1S/C16H24FNO2/c1-12-4-3-7-16(9-12,11-19)18-10-13-5-6-14(20-2)8-15(13)17/h5-6,8,12,18-19H,3-4,7,9-11H2,1-2H3. The molecular formula is C16H24FNO2. The van der Waals surface area contributed by atoms with Crippen LogP contribution >= 0.6 is 0 Å². The fourth-order valence-electron chi connectivity index (χ4n) is 3.10. The van der Waals surface area contributed by atoms with Gasteiger partial charge < -0.3 is 15.2 Å². The van der Waals surface area contributed by atoms with Gasteiger partial charge in [-0.3, -0.25) is 0 Å². The molecule has 2 rings (SSSR count). The third-order valence-electron chi connectivity index (χ3n) is 4.31. The van der Waals surface area contributed by atoms with Gasteiger partial charge in [-0.2, -0.15) is 0 Å². The minimum absolute atomic E-state index is 0.106. The van der Waals surface area contributed by atoms with Crippen LogP contribution in [0.5, 0.6) is 5.75 Å². The summed E-state index contributed by atoms with van der Waals surface area (Å²) in [4.78, 5) is 0. The maximum atomic E-state index is 13.9. The molecule has 0 bridgehead atoms. The van der Waals surface area contributed by atoms with E-state index in [4.69, 9.17) is 4.74 Å². The van der Waals surface area contributed by atoms with Gasteiger partial charge in [0, 0.05) is 23.7 Å². The van der Waals surface area contributed by atoms with E-state index in [1.165, 1.54) is 19.6 Å². The summed E-state index contributed by atoms with van der Waals surface area (Å²) in [5.41, 5.74) is 0.348. The van der Waals surface area contributed by atoms with E-state index < -0.39 is 0 Å². The average Bonchev–Trinajstić information content (AvgIpc) is 2.46. The quantitative estimate of drug-likeness (QED) is 0.872. The first-order valence-electron chi connectivity index (χ1n) is 7.27. The third-order valence-corrected chi connectivity index (χ3v) is 4.31. The van der Waals surface area contributed by atoms with E-state index in [1.54, 1.807) is 12.1 Å². The summed E-state index contributed by atoms with van der Waals surface area (Å²) in [6.07, 6.45) is 4.22. The summed E-state index contributed by atoms with van der Waals surface area (Å²) >= 11 is 0. The summed E-state index contributed by atoms with van der Waals surface area (Å²) in [6.45, 7) is 2.75. The highest BCUT2D eigenvalue weighted by atomic mass is 19.1. The van der Waals surface area contributed by atoms with Crippen LogP contribution in [0.1, 0.15) is 38.2 Å². The van der Waals surface area contributed by atoms with Gasteiger partial charge in [-0.15, -0.1) is 0 Å². The molecule has 20 heavy (non-hydrogen) atoms. The van der Waals surface area contributed by atoms with Crippen molar-refractivity contribution in [1.82, 2.24) is 5.32 Å². The van der Waals surface area contributed by atoms with Gasteiger partial charge >= 0.3 is 0 Å². The number of aliphatic hydroxyl groups excluding tert-OH is 1. The number of halogens is 1. The van der Waals surface area contributed by atoms with Crippen molar-refractivity contribution in [1.29, 1.82) is 0 Å². The van der Waals surface area contributed by atoms with E-state index in [2.05, 4.69) is 12.2 Å². The number of ether oxygens (including phenoxy) is 1. The first-order valence-corrected chi connectivity index (χ1v) is 7.27. The highest BCUT2D eigenvalue weighted by Gasteiger charge is 2.33. The highest BCUT2D eigenvalue weighted by Crippen LogP contribution is 2.32. The topological polar surface area (TPSA) is 41.5 Å². The zero-order chi connectivity index (χ0) is 14.6. The van der Waals surface area contributed by atoms with E-state index in [0.29, 0.717) is 23.8 Å². The van der Waals surface area contributed by atoms with Crippen molar-refractivity contribution in [3.05, 3.63) is 29.6 Å². The first kappa shape index (κ1) is 15.3. The molecule has 0 aliphatic heterocycles. The zero-order valence-corrected chi connectivity index (χ0v) is 12.3. The molecule has 0 heterocycles. The van der Waals surface area contributed by atoms with Crippen molar-refractivity contribution in [3.8, 4) is 5.75 Å². The van der Waals surface area contributed by atoms with E-state index in [9.17, 15) is 9.50 Å². The average molecular weight is 281 g/mol. The van der Waals surface area contributed by atoms with Gasteiger partial charge in [-0.1, -0.05) is 25.8 Å². The largest absolute Gasteiger partial charge is 0.497 e. The number of nitrogens with one attached hydrogen (secondary N) is 1. The molecule has 1 aliphatic carbocycles. The van der Waals surface area contributed by atoms with E-state index in [0.717, 1.165) is 19.3 Å². The van der Waals surface area contributed by atoms with Gasteiger partial charge in [0.2, 0.25) is 0 Å². The van der Waals surface area contributed by atoms with Crippen molar-refractivity contribution < 1.29 is 14.2 Å². The fraction of sp³-hybridized carbons (Fsp3) is 0.625. The lowest BCUT2D eigenvalue weighted by Crippen LogP contribution is -2.51. The number of methoxy groups -OCH3 is 1. The van der Waals surface area contributed by atoms with Crippen LogP contribution in [-0.2, 0) is 6.54 Å². The van der Waals surface area contributed by atoms with E-state index >= 15 is 0 Å². The Hall–Kier alpha value is -1.13. The summed E-state index contributed by atoms with van der Waals surface area (Å²) in [5.74, 6) is 0.854. The highest BCUT2D eigenvalue weighted by molar-refractivity contribution is 5.29. The molecule has 1 fully saturated rings. The summed E-state index contributed by atoms with van der Waals surface area (Å²) < 4.78 is 18.9. The Balaban J connectivity index is 2.03. The van der Waals surface area contributed by atoms with Crippen molar-refractivity contribution in [2.24, 2.45) is 5.92 Å². The Bertz CT molecular complexity index is 452. The van der Waals surface area contributed by atoms with Gasteiger partial charge in [-0.25, -0.2) is 4.39 Å². The Morgan fingerprint density at radius 3 is 2.90 bits per heavy atom. The van der Waals surface area contributed by atoms with Crippen LogP contribution in [-0.4, -0.2) is 24.4 Å². The fourth-order valence-corrected chi connectivity index (χ4v) is 3.10. The molecule has 0 aromatic heterocycles. The molecule has 0 amide bonds. The molecule has 4 heteroatoms. The van der Waals surface area contributed by atoms with Crippen LogP contribution < -0.4 is 10.1 Å². The van der Waals surface area contributed by atoms with Crippen molar-refractivity contribution >= 4 is 0 Å². The van der Waals surface area contributed by atoms with Crippen LogP contribution in [0.2, 0.25) is 0 Å². The van der Waals surface area contributed by atoms with Crippen LogP contribution in [0.3, 0.4) is 0 Å². The Morgan fingerprint density at radius 1 is 1.50 bits per heavy atom. The van der Waals surface area contributed by atoms with Gasteiger partial charge in [0.1, 0.15) is 11.6 Å². The molecule has 2 atom stereocenters. The molecular weight excluding hydrogens is 257 g/mol. The number of aliphatic hydroxyl groups is 1. The smallest absolute Gasteiger partial charge is 0.131 e. The molecule has 1 aliphatic rings. The Labute approximate surface area is 120 Å². The van der Waals surface area contributed by atoms with Crippen LogP contribution in [0.15, 0.2) is 18.2 Å². The molecule has 2 N–H and O–H groups in total. The molecule has 1 saturated carbocycles. The predicted octanol–water partition coefficient (Wildman–Crippen LogP) is 2.87. The van der Waals surface area contributed by atoms with Crippen molar-refractivity contribution in [3.63, 3.8) is 0 Å². The second-order valence-corrected chi connectivity index (χ2v) is 5.95.